The van der Waals surface area contributed by atoms with Crippen LogP contribution in [0.5, 0.6) is 5.75 Å². The van der Waals surface area contributed by atoms with Crippen LogP contribution in [0.25, 0.3) is 10.6 Å². The number of benzene rings is 2. The highest BCUT2D eigenvalue weighted by molar-refractivity contribution is 7.13. The summed E-state index contributed by atoms with van der Waals surface area (Å²) in [6, 6.07) is 13.0. The molecule has 1 aliphatic heterocycles. The molecule has 0 saturated carbocycles. The maximum atomic E-state index is 12.2. The van der Waals surface area contributed by atoms with E-state index in [1.807, 2.05) is 35.7 Å². The van der Waals surface area contributed by atoms with E-state index in [2.05, 4.69) is 15.6 Å². The molecule has 27 heavy (non-hydrogen) atoms. The Labute approximate surface area is 160 Å². The molecule has 2 amide bonds. The summed E-state index contributed by atoms with van der Waals surface area (Å²) in [5, 5.41) is 8.48. The van der Waals surface area contributed by atoms with E-state index in [9.17, 15) is 9.59 Å². The van der Waals surface area contributed by atoms with E-state index >= 15 is 0 Å². The number of carbonyl (C=O) groups is 2. The van der Waals surface area contributed by atoms with Gasteiger partial charge in [-0.1, -0.05) is 12.1 Å². The molecule has 2 heterocycles. The first-order valence-corrected chi connectivity index (χ1v) is 9.41. The van der Waals surface area contributed by atoms with E-state index in [0.717, 1.165) is 21.8 Å². The van der Waals surface area contributed by atoms with Crippen molar-refractivity contribution in [3.63, 3.8) is 0 Å². The molecule has 0 radical (unpaired) electrons. The fraction of sp³-hybridized carbons (Fsp3) is 0.150. The van der Waals surface area contributed by atoms with E-state index in [1.165, 1.54) is 0 Å². The first kappa shape index (κ1) is 17.2. The number of aryl methyl sites for hydroxylation is 1. The summed E-state index contributed by atoms with van der Waals surface area (Å²) in [6.07, 6.45) is 2.89. The van der Waals surface area contributed by atoms with Gasteiger partial charge >= 0.3 is 0 Å². The average Bonchev–Trinajstić information content (AvgIpc) is 3.21. The van der Waals surface area contributed by atoms with Gasteiger partial charge in [-0.25, -0.2) is 4.98 Å². The lowest BCUT2D eigenvalue weighted by Gasteiger charge is -2.17. The zero-order chi connectivity index (χ0) is 18.6. The molecule has 7 heteroatoms. The van der Waals surface area contributed by atoms with E-state index in [1.54, 1.807) is 29.7 Å². The molecule has 136 valence electrons. The average molecular weight is 379 g/mol. The van der Waals surface area contributed by atoms with Crippen molar-refractivity contribution in [2.75, 3.05) is 17.2 Å². The van der Waals surface area contributed by atoms with Gasteiger partial charge in [0.25, 0.3) is 5.91 Å². The number of nitrogens with one attached hydrogen (secondary N) is 2. The zero-order valence-electron chi connectivity index (χ0n) is 14.4. The van der Waals surface area contributed by atoms with Gasteiger partial charge < -0.3 is 15.4 Å². The van der Waals surface area contributed by atoms with E-state index in [-0.39, 0.29) is 18.4 Å². The minimum Gasteiger partial charge on any atom is -0.484 e. The number of nitrogens with zero attached hydrogens (tertiary/aromatic N) is 1. The van der Waals surface area contributed by atoms with Gasteiger partial charge in [0, 0.05) is 34.9 Å². The second-order valence-electron chi connectivity index (χ2n) is 6.12. The highest BCUT2D eigenvalue weighted by atomic mass is 32.1. The van der Waals surface area contributed by atoms with Gasteiger partial charge in [-0.05, 0) is 42.3 Å². The Morgan fingerprint density at radius 3 is 3.00 bits per heavy atom. The van der Waals surface area contributed by atoms with Crippen LogP contribution in [0.15, 0.2) is 54.0 Å². The van der Waals surface area contributed by atoms with Crippen molar-refractivity contribution >= 4 is 34.5 Å². The van der Waals surface area contributed by atoms with Crippen LogP contribution >= 0.6 is 11.3 Å². The molecule has 4 rings (SSSR count). The van der Waals surface area contributed by atoms with Crippen molar-refractivity contribution < 1.29 is 14.3 Å². The minimum absolute atomic E-state index is 0.0236. The third-order valence-corrected chi connectivity index (χ3v) is 4.99. The number of anilines is 2. The number of rotatable bonds is 5. The molecule has 2 aromatic carbocycles. The SMILES string of the molecule is O=C(COc1ccc2c(c1)CCC(=O)N2)Nc1cccc(-c2nccs2)c1. The fourth-order valence-corrected chi connectivity index (χ4v) is 3.53. The van der Waals surface area contributed by atoms with Crippen LogP contribution in [-0.4, -0.2) is 23.4 Å². The summed E-state index contributed by atoms with van der Waals surface area (Å²) in [6.45, 7) is -0.0906. The molecule has 1 aliphatic rings. The maximum absolute atomic E-state index is 12.2. The second kappa shape index (κ2) is 7.59. The van der Waals surface area contributed by atoms with Crippen molar-refractivity contribution in [1.82, 2.24) is 4.98 Å². The molecule has 0 bridgehead atoms. The van der Waals surface area contributed by atoms with Gasteiger partial charge in [0.1, 0.15) is 10.8 Å². The Balaban J connectivity index is 1.36. The molecular formula is C20H17N3O3S. The maximum Gasteiger partial charge on any atom is 0.262 e. The molecule has 0 atom stereocenters. The smallest absolute Gasteiger partial charge is 0.262 e. The number of ether oxygens (including phenoxy) is 1. The highest BCUT2D eigenvalue weighted by Gasteiger charge is 2.15. The molecule has 3 aromatic rings. The summed E-state index contributed by atoms with van der Waals surface area (Å²) in [7, 11) is 0. The summed E-state index contributed by atoms with van der Waals surface area (Å²) in [5.41, 5.74) is 3.48. The van der Waals surface area contributed by atoms with E-state index in [4.69, 9.17) is 4.74 Å². The largest absolute Gasteiger partial charge is 0.484 e. The molecule has 1 aromatic heterocycles. The summed E-state index contributed by atoms with van der Waals surface area (Å²) in [4.78, 5) is 27.9. The van der Waals surface area contributed by atoms with Crippen LogP contribution in [0.2, 0.25) is 0 Å². The van der Waals surface area contributed by atoms with Crippen LogP contribution in [0.1, 0.15) is 12.0 Å². The standard InChI is InChI=1S/C20H17N3O3S/c24-18-7-4-13-11-16(5-6-17(13)23-18)26-12-19(25)22-15-3-1-2-14(10-15)20-21-8-9-27-20/h1-3,5-6,8-11H,4,7,12H2,(H,22,25)(H,23,24). The molecule has 0 unspecified atom stereocenters. The first-order valence-electron chi connectivity index (χ1n) is 8.53. The lowest BCUT2D eigenvalue weighted by atomic mass is 10.0. The molecule has 2 N–H and O–H groups in total. The molecule has 0 saturated heterocycles. The van der Waals surface area contributed by atoms with Crippen LogP contribution < -0.4 is 15.4 Å². The fourth-order valence-electron chi connectivity index (χ4n) is 2.89. The second-order valence-corrected chi connectivity index (χ2v) is 7.02. The van der Waals surface area contributed by atoms with Crippen LogP contribution in [-0.2, 0) is 16.0 Å². The Bertz CT molecular complexity index is 986. The normalized spacial score (nSPS) is 12.8. The summed E-state index contributed by atoms with van der Waals surface area (Å²) >= 11 is 1.55. The highest BCUT2D eigenvalue weighted by Crippen LogP contribution is 2.27. The number of thiazole rings is 1. The summed E-state index contributed by atoms with van der Waals surface area (Å²) in [5.74, 6) is 0.393. The van der Waals surface area contributed by atoms with Crippen LogP contribution in [0.3, 0.4) is 0 Å². The third-order valence-electron chi connectivity index (χ3n) is 4.17. The van der Waals surface area contributed by atoms with E-state index in [0.29, 0.717) is 24.3 Å². The van der Waals surface area contributed by atoms with Gasteiger partial charge in [0.15, 0.2) is 6.61 Å². The van der Waals surface area contributed by atoms with Crippen molar-refractivity contribution in [2.24, 2.45) is 0 Å². The Morgan fingerprint density at radius 2 is 2.15 bits per heavy atom. The number of hydrogen-bond acceptors (Lipinski definition) is 5. The van der Waals surface area contributed by atoms with Gasteiger partial charge in [0.05, 0.1) is 0 Å². The van der Waals surface area contributed by atoms with Crippen molar-refractivity contribution in [2.45, 2.75) is 12.8 Å². The molecule has 6 nitrogen and oxygen atoms in total. The number of fused-ring (bicyclic) bond motifs is 1. The van der Waals surface area contributed by atoms with Crippen molar-refractivity contribution in [1.29, 1.82) is 0 Å². The third kappa shape index (κ3) is 4.15. The lowest BCUT2D eigenvalue weighted by molar-refractivity contribution is -0.118. The van der Waals surface area contributed by atoms with Crippen molar-refractivity contribution in [3.8, 4) is 16.3 Å². The van der Waals surface area contributed by atoms with Gasteiger partial charge in [-0.2, -0.15) is 0 Å². The predicted octanol–water partition coefficient (Wildman–Crippen LogP) is 3.71. The number of aromatic nitrogens is 1. The topological polar surface area (TPSA) is 80.3 Å². The Hall–Kier alpha value is -3.19. The van der Waals surface area contributed by atoms with Gasteiger partial charge in [0.2, 0.25) is 5.91 Å². The molecular weight excluding hydrogens is 362 g/mol. The number of amides is 2. The van der Waals surface area contributed by atoms with Crippen LogP contribution in [0.4, 0.5) is 11.4 Å². The first-order chi connectivity index (χ1) is 13.2. The van der Waals surface area contributed by atoms with E-state index < -0.39 is 0 Å². The molecule has 0 fully saturated rings. The van der Waals surface area contributed by atoms with Gasteiger partial charge in [-0.15, -0.1) is 11.3 Å². The Morgan fingerprint density at radius 1 is 1.22 bits per heavy atom. The summed E-state index contributed by atoms with van der Waals surface area (Å²) < 4.78 is 5.60. The van der Waals surface area contributed by atoms with Gasteiger partial charge in [-0.3, -0.25) is 9.59 Å². The lowest BCUT2D eigenvalue weighted by Crippen LogP contribution is -2.21. The number of hydrogen-bond donors (Lipinski definition) is 2. The minimum atomic E-state index is -0.239. The van der Waals surface area contributed by atoms with Crippen LogP contribution in [0, 0.1) is 0 Å². The monoisotopic (exact) mass is 379 g/mol. The molecule has 0 aliphatic carbocycles. The quantitative estimate of drug-likeness (QED) is 0.708. The Kier molecular flexibility index (Phi) is 4.84. The predicted molar refractivity (Wildman–Crippen MR) is 105 cm³/mol. The molecule has 0 spiro atoms. The van der Waals surface area contributed by atoms with Crippen molar-refractivity contribution in [3.05, 3.63) is 59.6 Å². The number of carbonyl (C=O) groups excluding carboxylic acids is 2. The zero-order valence-corrected chi connectivity index (χ0v) is 15.2.